The predicted molar refractivity (Wildman–Crippen MR) is 118 cm³/mol. The summed E-state index contributed by atoms with van der Waals surface area (Å²) in [5, 5.41) is 3.33. The summed E-state index contributed by atoms with van der Waals surface area (Å²) >= 11 is 12.2. The molecule has 5 nitrogen and oxygen atoms in total. The fraction of sp³-hybridized carbons (Fsp3) is 0.409. The van der Waals surface area contributed by atoms with E-state index in [1.165, 1.54) is 28.6 Å². The maximum Gasteiger partial charge on any atom is 0.246 e. The van der Waals surface area contributed by atoms with Crippen molar-refractivity contribution in [3.63, 3.8) is 0 Å². The molecule has 2 fully saturated rings. The minimum atomic E-state index is -3.85. The van der Waals surface area contributed by atoms with Crippen LogP contribution in [0.5, 0.6) is 0 Å². The molecule has 2 aromatic rings. The molecule has 0 bridgehead atoms. The maximum atomic E-state index is 13.3. The average Bonchev–Trinajstić information content (AvgIpc) is 2.71. The summed E-state index contributed by atoms with van der Waals surface area (Å²) in [6.07, 6.45) is 3.43. The largest absolute Gasteiger partial charge is 0.346 e. The van der Waals surface area contributed by atoms with Crippen molar-refractivity contribution in [2.75, 3.05) is 13.1 Å². The Balaban J connectivity index is 1.43. The lowest BCUT2D eigenvalue weighted by Crippen LogP contribution is -2.53. The number of amides is 1. The molecule has 1 aliphatic carbocycles. The van der Waals surface area contributed by atoms with Gasteiger partial charge in [-0.15, -0.1) is 0 Å². The minimum Gasteiger partial charge on any atom is -0.346 e. The zero-order valence-corrected chi connectivity index (χ0v) is 19.1. The number of sulfonamides is 1. The van der Waals surface area contributed by atoms with Gasteiger partial charge in [-0.25, -0.2) is 12.8 Å². The van der Waals surface area contributed by atoms with Gasteiger partial charge in [0.2, 0.25) is 15.9 Å². The monoisotopic (exact) mass is 484 g/mol. The van der Waals surface area contributed by atoms with Crippen LogP contribution in [0.2, 0.25) is 10.0 Å². The Morgan fingerprint density at radius 3 is 2.13 bits per heavy atom. The molecule has 0 radical (unpaired) electrons. The molecule has 31 heavy (non-hydrogen) atoms. The molecule has 166 valence electrons. The van der Waals surface area contributed by atoms with E-state index in [0.29, 0.717) is 12.8 Å². The molecule has 0 aromatic heterocycles. The zero-order chi connectivity index (χ0) is 22.2. The van der Waals surface area contributed by atoms with Gasteiger partial charge in [0.1, 0.15) is 10.7 Å². The topological polar surface area (TPSA) is 66.5 Å². The van der Waals surface area contributed by atoms with Crippen LogP contribution < -0.4 is 5.32 Å². The number of nitrogens with one attached hydrogen (secondary N) is 1. The summed E-state index contributed by atoms with van der Waals surface area (Å²) in [5.41, 5.74) is 0.445. The van der Waals surface area contributed by atoms with Gasteiger partial charge in [0, 0.05) is 19.0 Å². The Morgan fingerprint density at radius 2 is 1.61 bits per heavy atom. The van der Waals surface area contributed by atoms with Crippen LogP contribution in [0.1, 0.15) is 37.7 Å². The van der Waals surface area contributed by atoms with Crippen molar-refractivity contribution in [2.45, 2.75) is 42.5 Å². The van der Waals surface area contributed by atoms with Crippen LogP contribution >= 0.6 is 23.2 Å². The molecule has 0 unspecified atom stereocenters. The quantitative estimate of drug-likeness (QED) is 0.666. The Morgan fingerprint density at radius 1 is 1.03 bits per heavy atom. The van der Waals surface area contributed by atoms with E-state index < -0.39 is 15.6 Å². The Labute approximate surface area is 191 Å². The molecule has 2 aliphatic rings. The lowest BCUT2D eigenvalue weighted by atomic mass is 9.71. The first-order valence-electron chi connectivity index (χ1n) is 10.3. The highest BCUT2D eigenvalue weighted by molar-refractivity contribution is 7.89. The van der Waals surface area contributed by atoms with Crippen LogP contribution in [-0.2, 0) is 20.4 Å². The Kier molecular flexibility index (Phi) is 6.32. The van der Waals surface area contributed by atoms with Gasteiger partial charge in [-0.1, -0.05) is 41.4 Å². The zero-order valence-electron chi connectivity index (χ0n) is 16.8. The van der Waals surface area contributed by atoms with Crippen molar-refractivity contribution >= 4 is 39.1 Å². The number of carbonyl (C=O) groups excluding carboxylic acids is 1. The van der Waals surface area contributed by atoms with E-state index >= 15 is 0 Å². The number of benzene rings is 2. The van der Waals surface area contributed by atoms with Crippen LogP contribution in [0.3, 0.4) is 0 Å². The lowest BCUT2D eigenvalue weighted by molar-refractivity contribution is -0.129. The summed E-state index contributed by atoms with van der Waals surface area (Å²) in [5.74, 6) is -0.681. The molecule has 9 heteroatoms. The van der Waals surface area contributed by atoms with Gasteiger partial charge in [-0.05, 0) is 61.9 Å². The summed E-state index contributed by atoms with van der Waals surface area (Å²) in [6.45, 7) is 0.428. The van der Waals surface area contributed by atoms with E-state index in [4.69, 9.17) is 23.2 Å². The van der Waals surface area contributed by atoms with E-state index in [1.54, 1.807) is 18.2 Å². The first-order chi connectivity index (χ1) is 14.7. The standard InChI is InChI=1S/C22H23Cl2FN2O3S/c23-18-3-1-4-19(24)20(18)31(29,30)27-13-9-15(10-14-27)21(28)26-22(11-2-12-22)16-5-7-17(25)8-6-16/h1,3-8,15H,2,9-14H2,(H,26,28). The summed E-state index contributed by atoms with van der Waals surface area (Å²) in [7, 11) is -3.85. The van der Waals surface area contributed by atoms with E-state index in [0.717, 1.165) is 24.8 Å². The van der Waals surface area contributed by atoms with E-state index in [9.17, 15) is 17.6 Å². The normalized spacial score (nSPS) is 19.6. The number of rotatable bonds is 5. The van der Waals surface area contributed by atoms with Crippen LogP contribution in [-0.4, -0.2) is 31.7 Å². The third-order valence-corrected chi connectivity index (χ3v) is 9.16. The van der Waals surface area contributed by atoms with Crippen molar-refractivity contribution in [2.24, 2.45) is 5.92 Å². The fourth-order valence-corrected chi connectivity index (χ4v) is 6.90. The Hall–Kier alpha value is -1.67. The van der Waals surface area contributed by atoms with Crippen molar-refractivity contribution in [3.8, 4) is 0 Å². The van der Waals surface area contributed by atoms with Crippen molar-refractivity contribution in [1.29, 1.82) is 0 Å². The van der Waals surface area contributed by atoms with Crippen molar-refractivity contribution in [3.05, 3.63) is 63.9 Å². The van der Waals surface area contributed by atoms with E-state index in [1.807, 2.05) is 0 Å². The number of halogens is 3. The first kappa shape index (κ1) is 22.5. The molecule has 0 spiro atoms. The molecule has 2 aromatic carbocycles. The maximum absolute atomic E-state index is 13.3. The molecule has 4 rings (SSSR count). The first-order valence-corrected chi connectivity index (χ1v) is 12.4. The van der Waals surface area contributed by atoms with Crippen LogP contribution in [0, 0.1) is 11.7 Å². The number of carbonyl (C=O) groups is 1. The van der Waals surface area contributed by atoms with Crippen LogP contribution in [0.4, 0.5) is 4.39 Å². The Bertz CT molecular complexity index is 1060. The molecular formula is C22H23Cl2FN2O3S. The molecular weight excluding hydrogens is 462 g/mol. The van der Waals surface area contributed by atoms with Crippen LogP contribution in [0.25, 0.3) is 0 Å². The summed E-state index contributed by atoms with van der Waals surface area (Å²) in [6, 6.07) is 10.8. The second-order valence-electron chi connectivity index (χ2n) is 8.16. The van der Waals surface area contributed by atoms with Gasteiger partial charge < -0.3 is 5.32 Å². The van der Waals surface area contributed by atoms with Gasteiger partial charge in [-0.3, -0.25) is 4.79 Å². The second-order valence-corrected chi connectivity index (χ2v) is 10.9. The molecule has 1 amide bonds. The highest BCUT2D eigenvalue weighted by Gasteiger charge is 2.42. The number of hydrogen-bond donors (Lipinski definition) is 1. The summed E-state index contributed by atoms with van der Waals surface area (Å²) < 4.78 is 40.7. The molecule has 1 heterocycles. The molecule has 1 saturated carbocycles. The summed E-state index contributed by atoms with van der Waals surface area (Å²) in [4.78, 5) is 12.9. The predicted octanol–water partition coefficient (Wildman–Crippen LogP) is 4.73. The minimum absolute atomic E-state index is 0.0820. The van der Waals surface area contributed by atoms with Gasteiger partial charge in [0.15, 0.2) is 0 Å². The third-order valence-electron chi connectivity index (χ3n) is 6.31. The van der Waals surface area contributed by atoms with E-state index in [2.05, 4.69) is 5.32 Å². The van der Waals surface area contributed by atoms with Gasteiger partial charge >= 0.3 is 0 Å². The molecule has 0 atom stereocenters. The average molecular weight is 485 g/mol. The lowest BCUT2D eigenvalue weighted by Gasteiger charge is -2.44. The van der Waals surface area contributed by atoms with Gasteiger partial charge in [-0.2, -0.15) is 4.31 Å². The molecule has 1 aliphatic heterocycles. The van der Waals surface area contributed by atoms with Gasteiger partial charge in [0.05, 0.1) is 15.6 Å². The number of nitrogens with zero attached hydrogens (tertiary/aromatic N) is 1. The van der Waals surface area contributed by atoms with Crippen molar-refractivity contribution in [1.82, 2.24) is 9.62 Å². The van der Waals surface area contributed by atoms with E-state index in [-0.39, 0.29) is 45.7 Å². The van der Waals surface area contributed by atoms with Gasteiger partial charge in [0.25, 0.3) is 0 Å². The molecule has 1 N–H and O–H groups in total. The third kappa shape index (κ3) is 4.33. The highest BCUT2D eigenvalue weighted by Crippen LogP contribution is 2.42. The SMILES string of the molecule is O=C(NC1(c2ccc(F)cc2)CCC1)C1CCN(S(=O)(=O)c2c(Cl)cccc2Cl)CC1. The highest BCUT2D eigenvalue weighted by atomic mass is 35.5. The van der Waals surface area contributed by atoms with Crippen molar-refractivity contribution < 1.29 is 17.6 Å². The van der Waals surface area contributed by atoms with Crippen LogP contribution in [0.15, 0.2) is 47.4 Å². The fourth-order valence-electron chi connectivity index (χ4n) is 4.34. The smallest absolute Gasteiger partial charge is 0.246 e. The number of piperidine rings is 1. The number of hydrogen-bond acceptors (Lipinski definition) is 3. The molecule has 1 saturated heterocycles. The second kappa shape index (κ2) is 8.70.